The summed E-state index contributed by atoms with van der Waals surface area (Å²) in [7, 11) is -2.79. The Morgan fingerprint density at radius 1 is 0.268 bits per heavy atom. The molecule has 1 nitrogen and oxygen atoms in total. The van der Waals surface area contributed by atoms with E-state index >= 15 is 0 Å². The number of hydrogen-bond donors (Lipinski definition) is 0. The molecule has 0 amide bonds. The third-order valence-corrected chi connectivity index (χ3v) is 16.7. The van der Waals surface area contributed by atoms with Gasteiger partial charge in [-0.3, -0.25) is 0 Å². The lowest BCUT2D eigenvalue weighted by molar-refractivity contribution is 1.18. The van der Waals surface area contributed by atoms with Crippen LogP contribution in [-0.2, 0) is 0 Å². The average molecular weight is 728 g/mol. The fourth-order valence-electron chi connectivity index (χ4n) is 9.51. The molecule has 0 saturated carbocycles. The maximum Gasteiger partial charge on any atom is 0.179 e. The van der Waals surface area contributed by atoms with E-state index in [0.29, 0.717) is 0 Å². The molecule has 56 heavy (non-hydrogen) atoms. The molecule has 0 unspecified atom stereocenters. The first-order chi connectivity index (χ1) is 27.8. The molecule has 0 aliphatic rings. The molecule has 0 bridgehead atoms. The van der Waals surface area contributed by atoms with E-state index in [1.165, 1.54) is 86.0 Å². The van der Waals surface area contributed by atoms with Gasteiger partial charge in [0.15, 0.2) is 8.07 Å². The Bertz CT molecular complexity index is 3070. The van der Waals surface area contributed by atoms with Gasteiger partial charge < -0.3 is 4.57 Å². The molecule has 0 saturated heterocycles. The van der Waals surface area contributed by atoms with Crippen molar-refractivity contribution < 1.29 is 0 Å². The predicted molar refractivity (Wildman–Crippen MR) is 242 cm³/mol. The number of aromatic nitrogens is 1. The van der Waals surface area contributed by atoms with Gasteiger partial charge in [0.25, 0.3) is 0 Å². The SMILES string of the molecule is c1ccc(-c2ccc(-n3c4cc([Si](c5ccccc5)(c5ccccc5)c5ccccc5)ccc4c4c5c6ccccc6c6ccccc6c5ccc43)cc2)cc1. The van der Waals surface area contributed by atoms with Crippen molar-refractivity contribution >= 4 is 82.9 Å². The second-order valence-corrected chi connectivity index (χ2v) is 18.6. The smallest absolute Gasteiger partial charge is 0.179 e. The van der Waals surface area contributed by atoms with Crippen molar-refractivity contribution in [2.24, 2.45) is 0 Å². The third kappa shape index (κ3) is 4.86. The monoisotopic (exact) mass is 727 g/mol. The fraction of sp³-hybridized carbons (Fsp3) is 0. The average Bonchev–Trinajstić information content (AvgIpc) is 3.62. The molecule has 0 fully saturated rings. The van der Waals surface area contributed by atoms with Gasteiger partial charge >= 0.3 is 0 Å². The summed E-state index contributed by atoms with van der Waals surface area (Å²) in [6.07, 6.45) is 0. The molecule has 262 valence electrons. The Morgan fingerprint density at radius 3 is 1.25 bits per heavy atom. The molecule has 11 rings (SSSR count). The number of rotatable bonds is 6. The van der Waals surface area contributed by atoms with Gasteiger partial charge in [0.2, 0.25) is 0 Å². The number of hydrogen-bond acceptors (Lipinski definition) is 0. The number of nitrogens with zero attached hydrogens (tertiary/aromatic N) is 1. The van der Waals surface area contributed by atoms with Crippen LogP contribution in [-0.4, -0.2) is 12.6 Å². The van der Waals surface area contributed by atoms with E-state index in [9.17, 15) is 0 Å². The van der Waals surface area contributed by atoms with Crippen molar-refractivity contribution in [3.63, 3.8) is 0 Å². The molecule has 0 spiro atoms. The highest BCUT2D eigenvalue weighted by atomic mass is 28.3. The van der Waals surface area contributed by atoms with Gasteiger partial charge in [0.1, 0.15) is 0 Å². The zero-order valence-corrected chi connectivity index (χ0v) is 31.8. The lowest BCUT2D eigenvalue weighted by Gasteiger charge is -2.34. The first kappa shape index (κ1) is 32.4. The zero-order chi connectivity index (χ0) is 37.1. The summed E-state index contributed by atoms with van der Waals surface area (Å²) in [6, 6.07) is 83.5. The van der Waals surface area contributed by atoms with Crippen LogP contribution in [0.3, 0.4) is 0 Å². The Kier molecular flexibility index (Phi) is 7.58. The van der Waals surface area contributed by atoms with Crippen LogP contribution in [0.5, 0.6) is 0 Å². The largest absolute Gasteiger partial charge is 0.309 e. The first-order valence-corrected chi connectivity index (χ1v) is 21.4. The van der Waals surface area contributed by atoms with Gasteiger partial charge in [-0.2, -0.15) is 0 Å². The Hall–Kier alpha value is -7.00. The van der Waals surface area contributed by atoms with Crippen LogP contribution < -0.4 is 20.7 Å². The Morgan fingerprint density at radius 2 is 0.696 bits per heavy atom. The molecular formula is C54H37NSi. The van der Waals surface area contributed by atoms with Crippen LogP contribution in [0.15, 0.2) is 224 Å². The molecular weight excluding hydrogens is 691 g/mol. The molecule has 0 N–H and O–H groups in total. The maximum atomic E-state index is 2.54. The van der Waals surface area contributed by atoms with Crippen LogP contribution in [0.4, 0.5) is 0 Å². The molecule has 2 heteroatoms. The van der Waals surface area contributed by atoms with Crippen molar-refractivity contribution in [2.75, 3.05) is 0 Å². The fourth-order valence-corrected chi connectivity index (χ4v) is 14.3. The highest BCUT2D eigenvalue weighted by molar-refractivity contribution is 7.20. The topological polar surface area (TPSA) is 4.93 Å². The van der Waals surface area contributed by atoms with Gasteiger partial charge in [0.05, 0.1) is 11.0 Å². The lowest BCUT2D eigenvalue weighted by atomic mass is 9.92. The molecule has 0 aliphatic carbocycles. The summed E-state index contributed by atoms with van der Waals surface area (Å²) in [4.78, 5) is 0. The van der Waals surface area contributed by atoms with E-state index < -0.39 is 8.07 Å². The van der Waals surface area contributed by atoms with Crippen molar-refractivity contribution in [3.8, 4) is 16.8 Å². The third-order valence-electron chi connectivity index (χ3n) is 11.9. The van der Waals surface area contributed by atoms with Crippen molar-refractivity contribution in [3.05, 3.63) is 224 Å². The molecule has 0 aliphatic heterocycles. The van der Waals surface area contributed by atoms with Crippen LogP contribution in [0.1, 0.15) is 0 Å². The minimum atomic E-state index is -2.79. The summed E-state index contributed by atoms with van der Waals surface area (Å²) in [5, 5.41) is 15.8. The van der Waals surface area contributed by atoms with Gasteiger partial charge in [-0.25, -0.2) is 0 Å². The van der Waals surface area contributed by atoms with E-state index in [1.807, 2.05) is 0 Å². The van der Waals surface area contributed by atoms with Gasteiger partial charge in [-0.15, -0.1) is 0 Å². The molecule has 0 atom stereocenters. The molecule has 1 aromatic heterocycles. The first-order valence-electron chi connectivity index (χ1n) is 19.4. The van der Waals surface area contributed by atoms with Crippen LogP contribution in [0, 0.1) is 0 Å². The van der Waals surface area contributed by atoms with E-state index in [2.05, 4.69) is 229 Å². The lowest BCUT2D eigenvalue weighted by Crippen LogP contribution is -2.74. The molecule has 10 aromatic carbocycles. The van der Waals surface area contributed by atoms with Crippen molar-refractivity contribution in [1.29, 1.82) is 0 Å². The van der Waals surface area contributed by atoms with E-state index in [-0.39, 0.29) is 0 Å². The number of benzene rings is 10. The van der Waals surface area contributed by atoms with Gasteiger partial charge in [-0.05, 0) is 83.1 Å². The summed E-state index contributed by atoms with van der Waals surface area (Å²) in [5.41, 5.74) is 6.01. The highest BCUT2D eigenvalue weighted by Crippen LogP contribution is 2.43. The second-order valence-electron chi connectivity index (χ2n) is 14.8. The van der Waals surface area contributed by atoms with Crippen LogP contribution in [0.2, 0.25) is 0 Å². The minimum Gasteiger partial charge on any atom is -0.309 e. The molecule has 11 aromatic rings. The second kappa shape index (κ2) is 13.1. The van der Waals surface area contributed by atoms with E-state index in [4.69, 9.17) is 0 Å². The Balaban J connectivity index is 1.29. The van der Waals surface area contributed by atoms with Crippen LogP contribution in [0.25, 0.3) is 70.9 Å². The Labute approximate surface area is 327 Å². The van der Waals surface area contributed by atoms with E-state index in [1.54, 1.807) is 0 Å². The summed E-state index contributed by atoms with van der Waals surface area (Å²) in [6.45, 7) is 0. The standard InChI is InChI=1S/C54H37NSi/c1-5-17-38(18-6-1)39-29-31-40(32-30-39)55-51-36-35-49-47-27-14-13-25-45(47)46-26-15-16-28-48(46)53(49)54(51)50-34-33-44(37-52(50)55)56(41-19-7-2-8-20-41,42-21-9-3-10-22-42)43-23-11-4-12-24-43/h1-37H. The summed E-state index contributed by atoms with van der Waals surface area (Å²) >= 11 is 0. The maximum absolute atomic E-state index is 2.79. The molecule has 0 radical (unpaired) electrons. The molecule has 1 heterocycles. The van der Waals surface area contributed by atoms with Crippen LogP contribution >= 0.6 is 0 Å². The normalized spacial score (nSPS) is 11.9. The zero-order valence-electron chi connectivity index (χ0n) is 30.8. The highest BCUT2D eigenvalue weighted by Gasteiger charge is 2.41. The van der Waals surface area contributed by atoms with Crippen molar-refractivity contribution in [2.45, 2.75) is 0 Å². The van der Waals surface area contributed by atoms with E-state index in [0.717, 1.165) is 5.69 Å². The quantitative estimate of drug-likeness (QED) is 0.0913. The minimum absolute atomic E-state index is 1.15. The number of fused-ring (bicyclic) bond motifs is 10. The summed E-state index contributed by atoms with van der Waals surface area (Å²) in [5.74, 6) is 0. The van der Waals surface area contributed by atoms with Gasteiger partial charge in [0, 0.05) is 21.8 Å². The van der Waals surface area contributed by atoms with Gasteiger partial charge in [-0.1, -0.05) is 200 Å². The summed E-state index contributed by atoms with van der Waals surface area (Å²) < 4.78 is 2.52. The van der Waals surface area contributed by atoms with Crippen molar-refractivity contribution in [1.82, 2.24) is 4.57 Å². The predicted octanol–water partition coefficient (Wildman–Crippen LogP) is 11.3.